The summed E-state index contributed by atoms with van der Waals surface area (Å²) in [5, 5.41) is 6.33. The molecule has 0 saturated carbocycles. The molecule has 0 unspecified atom stereocenters. The van der Waals surface area contributed by atoms with Crippen LogP contribution >= 0.6 is 11.3 Å². The molecule has 22 heavy (non-hydrogen) atoms. The van der Waals surface area contributed by atoms with E-state index in [0.29, 0.717) is 0 Å². The molecule has 0 aliphatic carbocycles. The van der Waals surface area contributed by atoms with E-state index in [4.69, 9.17) is 0 Å². The highest BCUT2D eigenvalue weighted by atomic mass is 32.1. The van der Waals surface area contributed by atoms with E-state index in [1.54, 1.807) is 11.3 Å². The lowest BCUT2D eigenvalue weighted by atomic mass is 10.2. The molecule has 0 amide bonds. The SMILES string of the molecule is Cn1cc(/C=N\Nc2nc3ccccc3s2)c2ccccc21. The molecule has 2 aromatic carbocycles. The number of para-hydroxylation sites is 2. The van der Waals surface area contributed by atoms with Gasteiger partial charge in [-0.2, -0.15) is 5.10 Å². The fourth-order valence-corrected chi connectivity index (χ4v) is 3.37. The van der Waals surface area contributed by atoms with Crippen LogP contribution in [0.25, 0.3) is 21.1 Å². The van der Waals surface area contributed by atoms with E-state index in [1.165, 1.54) is 10.9 Å². The zero-order chi connectivity index (χ0) is 14.9. The third kappa shape index (κ3) is 2.25. The molecule has 4 nitrogen and oxygen atoms in total. The molecule has 0 aliphatic heterocycles. The molecule has 1 N–H and O–H groups in total. The molecular formula is C17H14N4S. The Bertz CT molecular complexity index is 948. The monoisotopic (exact) mass is 306 g/mol. The number of aryl methyl sites for hydroxylation is 1. The topological polar surface area (TPSA) is 42.2 Å². The minimum Gasteiger partial charge on any atom is -0.350 e. The standard InChI is InChI=1S/C17H14N4S/c1-21-11-12(13-6-2-4-8-15(13)21)10-18-20-17-19-14-7-3-5-9-16(14)22-17/h2-11H,1H3,(H,19,20)/b18-10-. The molecule has 2 aromatic heterocycles. The maximum atomic E-state index is 4.50. The van der Waals surface area contributed by atoms with E-state index in [2.05, 4.69) is 44.5 Å². The third-order valence-electron chi connectivity index (χ3n) is 3.59. The van der Waals surface area contributed by atoms with Crippen LogP contribution in [-0.4, -0.2) is 15.8 Å². The average molecular weight is 306 g/mol. The minimum atomic E-state index is 0.803. The fraction of sp³-hybridized carbons (Fsp3) is 0.0588. The summed E-state index contributed by atoms with van der Waals surface area (Å²) in [5.41, 5.74) is 6.31. The van der Waals surface area contributed by atoms with Gasteiger partial charge in [0.1, 0.15) is 0 Å². The summed E-state index contributed by atoms with van der Waals surface area (Å²) in [6.07, 6.45) is 3.92. The summed E-state index contributed by atoms with van der Waals surface area (Å²) in [4.78, 5) is 4.50. The van der Waals surface area contributed by atoms with Crippen LogP contribution in [0.5, 0.6) is 0 Å². The number of aromatic nitrogens is 2. The van der Waals surface area contributed by atoms with E-state index in [0.717, 1.165) is 20.9 Å². The number of hydrogen-bond donors (Lipinski definition) is 1. The van der Waals surface area contributed by atoms with Gasteiger partial charge in [0.05, 0.1) is 16.4 Å². The van der Waals surface area contributed by atoms with Crippen molar-refractivity contribution in [3.05, 3.63) is 60.3 Å². The highest BCUT2D eigenvalue weighted by Crippen LogP contribution is 2.25. The van der Waals surface area contributed by atoms with Gasteiger partial charge in [0.2, 0.25) is 5.13 Å². The van der Waals surface area contributed by atoms with Crippen LogP contribution in [0.15, 0.2) is 59.8 Å². The molecule has 0 bridgehead atoms. The summed E-state index contributed by atoms with van der Waals surface area (Å²) in [5.74, 6) is 0. The molecule has 0 spiro atoms. The van der Waals surface area contributed by atoms with Crippen molar-refractivity contribution in [3.8, 4) is 0 Å². The van der Waals surface area contributed by atoms with Crippen LogP contribution in [0.2, 0.25) is 0 Å². The van der Waals surface area contributed by atoms with Gasteiger partial charge in [-0.3, -0.25) is 5.43 Å². The van der Waals surface area contributed by atoms with Gasteiger partial charge in [-0.1, -0.05) is 41.7 Å². The summed E-state index contributed by atoms with van der Waals surface area (Å²) in [7, 11) is 2.04. The highest BCUT2D eigenvalue weighted by Gasteiger charge is 2.04. The van der Waals surface area contributed by atoms with Gasteiger partial charge in [-0.15, -0.1) is 0 Å². The second kappa shape index (κ2) is 5.27. The molecule has 0 radical (unpaired) electrons. The predicted octanol–water partition coefficient (Wildman–Crippen LogP) is 4.23. The summed E-state index contributed by atoms with van der Waals surface area (Å²) in [6.45, 7) is 0. The molecule has 5 heteroatoms. The Hall–Kier alpha value is -2.66. The molecule has 0 aliphatic rings. The lowest BCUT2D eigenvalue weighted by molar-refractivity contribution is 0.968. The maximum Gasteiger partial charge on any atom is 0.204 e. The van der Waals surface area contributed by atoms with Crippen molar-refractivity contribution in [2.75, 3.05) is 5.43 Å². The molecule has 2 heterocycles. The largest absolute Gasteiger partial charge is 0.350 e. The van der Waals surface area contributed by atoms with Crippen LogP contribution < -0.4 is 5.43 Å². The first-order valence-electron chi connectivity index (χ1n) is 7.00. The van der Waals surface area contributed by atoms with Gasteiger partial charge in [-0.25, -0.2) is 4.98 Å². The van der Waals surface area contributed by atoms with Crippen LogP contribution in [0.4, 0.5) is 5.13 Å². The van der Waals surface area contributed by atoms with Gasteiger partial charge < -0.3 is 4.57 Å². The second-order valence-electron chi connectivity index (χ2n) is 5.07. The van der Waals surface area contributed by atoms with Crippen molar-refractivity contribution in [3.63, 3.8) is 0 Å². The van der Waals surface area contributed by atoms with Gasteiger partial charge in [0.15, 0.2) is 0 Å². The lowest BCUT2D eigenvalue weighted by Gasteiger charge is -1.93. The zero-order valence-electron chi connectivity index (χ0n) is 12.0. The third-order valence-corrected chi connectivity index (χ3v) is 4.53. The van der Waals surface area contributed by atoms with Crippen LogP contribution in [0.1, 0.15) is 5.56 Å². The molecule has 0 saturated heterocycles. The van der Waals surface area contributed by atoms with Crippen LogP contribution in [0.3, 0.4) is 0 Å². The molecule has 108 valence electrons. The Labute approximate surface area is 131 Å². The van der Waals surface area contributed by atoms with Crippen molar-refractivity contribution < 1.29 is 0 Å². The Morgan fingerprint density at radius 1 is 1.14 bits per heavy atom. The van der Waals surface area contributed by atoms with E-state index in [1.807, 2.05) is 43.6 Å². The number of benzene rings is 2. The first-order valence-corrected chi connectivity index (χ1v) is 7.81. The summed E-state index contributed by atoms with van der Waals surface area (Å²) < 4.78 is 3.26. The highest BCUT2D eigenvalue weighted by molar-refractivity contribution is 7.22. The number of hydrogen-bond acceptors (Lipinski definition) is 4. The number of nitrogens with one attached hydrogen (secondary N) is 1. The van der Waals surface area contributed by atoms with E-state index in [-0.39, 0.29) is 0 Å². The van der Waals surface area contributed by atoms with Crippen molar-refractivity contribution in [2.24, 2.45) is 12.1 Å². The van der Waals surface area contributed by atoms with E-state index in [9.17, 15) is 0 Å². The number of fused-ring (bicyclic) bond motifs is 2. The van der Waals surface area contributed by atoms with Crippen LogP contribution in [-0.2, 0) is 7.05 Å². The molecule has 0 fully saturated rings. The molecule has 4 aromatic rings. The molecule has 0 atom stereocenters. The Balaban J connectivity index is 1.61. The normalized spacial score (nSPS) is 11.7. The van der Waals surface area contributed by atoms with Gasteiger partial charge in [-0.05, 0) is 18.2 Å². The van der Waals surface area contributed by atoms with Crippen molar-refractivity contribution in [2.45, 2.75) is 0 Å². The Morgan fingerprint density at radius 2 is 1.95 bits per heavy atom. The second-order valence-corrected chi connectivity index (χ2v) is 6.10. The minimum absolute atomic E-state index is 0.803. The van der Waals surface area contributed by atoms with Gasteiger partial charge >= 0.3 is 0 Å². The van der Waals surface area contributed by atoms with Crippen LogP contribution in [0, 0.1) is 0 Å². The van der Waals surface area contributed by atoms with Crippen molar-refractivity contribution in [1.82, 2.24) is 9.55 Å². The number of anilines is 1. The molecular weight excluding hydrogens is 292 g/mol. The summed E-state index contributed by atoms with van der Waals surface area (Å²) >= 11 is 1.60. The number of thiazole rings is 1. The first-order chi connectivity index (χ1) is 10.8. The van der Waals surface area contributed by atoms with E-state index >= 15 is 0 Å². The van der Waals surface area contributed by atoms with Gasteiger partial charge in [0, 0.05) is 29.7 Å². The average Bonchev–Trinajstić information content (AvgIpc) is 3.09. The van der Waals surface area contributed by atoms with Crippen molar-refractivity contribution in [1.29, 1.82) is 0 Å². The fourth-order valence-electron chi connectivity index (χ4n) is 2.55. The van der Waals surface area contributed by atoms with Crippen molar-refractivity contribution >= 4 is 43.8 Å². The van der Waals surface area contributed by atoms with Gasteiger partial charge in [0.25, 0.3) is 0 Å². The number of hydrazone groups is 1. The Morgan fingerprint density at radius 3 is 2.86 bits per heavy atom. The summed E-state index contributed by atoms with van der Waals surface area (Å²) in [6, 6.07) is 16.4. The smallest absolute Gasteiger partial charge is 0.204 e. The predicted molar refractivity (Wildman–Crippen MR) is 93.8 cm³/mol. The number of nitrogens with zero attached hydrogens (tertiary/aromatic N) is 3. The quantitative estimate of drug-likeness (QED) is 0.454. The maximum absolute atomic E-state index is 4.50. The molecule has 4 rings (SSSR count). The Kier molecular flexibility index (Phi) is 3.12. The first kappa shape index (κ1) is 13.0. The number of rotatable bonds is 3. The zero-order valence-corrected chi connectivity index (χ0v) is 12.8. The van der Waals surface area contributed by atoms with E-state index < -0.39 is 0 Å². The lowest BCUT2D eigenvalue weighted by Crippen LogP contribution is -1.89.